The predicted molar refractivity (Wildman–Crippen MR) is 99.9 cm³/mol. The molecule has 1 aromatic rings. The normalized spacial score (nSPS) is 20.7. The lowest BCUT2D eigenvalue weighted by molar-refractivity contribution is -0.134. The summed E-state index contributed by atoms with van der Waals surface area (Å²) in [6.07, 6.45) is 6.43. The van der Waals surface area contributed by atoms with Crippen LogP contribution in [0.1, 0.15) is 60.5 Å². The largest absolute Gasteiger partial charge is 0.338 e. The number of amides is 1. The first-order valence-electron chi connectivity index (χ1n) is 9.71. The summed E-state index contributed by atoms with van der Waals surface area (Å²) in [5.41, 5.74) is 3.04. The monoisotopic (exact) mass is 342 g/mol. The lowest BCUT2D eigenvalue weighted by Gasteiger charge is -2.38. The van der Waals surface area contributed by atoms with Crippen molar-refractivity contribution in [3.05, 3.63) is 34.9 Å². The van der Waals surface area contributed by atoms with Gasteiger partial charge in [-0.1, -0.05) is 25.1 Å². The number of fused-ring (bicyclic) bond motifs is 1. The third-order valence-electron chi connectivity index (χ3n) is 5.69. The number of carbonyl (C=O) groups is 2. The van der Waals surface area contributed by atoms with Crippen molar-refractivity contribution in [1.82, 2.24) is 9.80 Å². The molecule has 1 saturated heterocycles. The molecule has 4 heteroatoms. The van der Waals surface area contributed by atoms with Gasteiger partial charge < -0.3 is 9.80 Å². The van der Waals surface area contributed by atoms with Crippen LogP contribution < -0.4 is 0 Å². The molecule has 0 N–H and O–H groups in total. The molecular weight excluding hydrogens is 312 g/mol. The highest BCUT2D eigenvalue weighted by Gasteiger charge is 2.27. The minimum Gasteiger partial charge on any atom is -0.338 e. The zero-order chi connectivity index (χ0) is 17.8. The fourth-order valence-electron chi connectivity index (χ4n) is 4.09. The molecule has 1 amide bonds. The molecule has 3 rings (SSSR count). The van der Waals surface area contributed by atoms with E-state index in [2.05, 4.69) is 29.8 Å². The van der Waals surface area contributed by atoms with Crippen molar-refractivity contribution in [3.63, 3.8) is 0 Å². The maximum atomic E-state index is 12.9. The Kier molecular flexibility index (Phi) is 5.89. The smallest absolute Gasteiger partial charge is 0.227 e. The van der Waals surface area contributed by atoms with E-state index in [0.29, 0.717) is 18.9 Å². The molecule has 0 unspecified atom stereocenters. The summed E-state index contributed by atoms with van der Waals surface area (Å²) in [5, 5.41) is 0. The van der Waals surface area contributed by atoms with Crippen molar-refractivity contribution in [1.29, 1.82) is 0 Å². The Labute approximate surface area is 151 Å². The maximum absolute atomic E-state index is 12.9. The van der Waals surface area contributed by atoms with Gasteiger partial charge in [0.1, 0.15) is 0 Å². The van der Waals surface area contributed by atoms with E-state index in [1.165, 1.54) is 6.42 Å². The van der Waals surface area contributed by atoms with Crippen LogP contribution in [0.3, 0.4) is 0 Å². The Morgan fingerprint density at radius 3 is 2.88 bits per heavy atom. The number of Topliss-reactive ketones (excluding diaryl/α,β-unsaturated/α-hetero) is 1. The van der Waals surface area contributed by atoms with Crippen LogP contribution >= 0.6 is 0 Å². The molecule has 1 fully saturated rings. The Bertz CT molecular complexity index is 641. The highest BCUT2D eigenvalue weighted by atomic mass is 16.2. The Morgan fingerprint density at radius 2 is 2.08 bits per heavy atom. The summed E-state index contributed by atoms with van der Waals surface area (Å²) in [4.78, 5) is 29.3. The Hall–Kier alpha value is -1.68. The van der Waals surface area contributed by atoms with Crippen molar-refractivity contribution < 1.29 is 9.59 Å². The molecule has 0 spiro atoms. The van der Waals surface area contributed by atoms with Crippen LogP contribution in [-0.4, -0.2) is 54.2 Å². The van der Waals surface area contributed by atoms with E-state index in [1.807, 2.05) is 12.1 Å². The number of hydrogen-bond acceptors (Lipinski definition) is 3. The lowest BCUT2D eigenvalue weighted by atomic mass is 9.89. The molecule has 136 valence electrons. The second-order valence-electron chi connectivity index (χ2n) is 7.54. The van der Waals surface area contributed by atoms with Crippen molar-refractivity contribution >= 4 is 11.7 Å². The summed E-state index contributed by atoms with van der Waals surface area (Å²) in [6, 6.07) is 6.32. The number of nitrogens with zero attached hydrogens (tertiary/aromatic N) is 2. The first kappa shape index (κ1) is 18.1. The van der Waals surface area contributed by atoms with Gasteiger partial charge in [0.25, 0.3) is 0 Å². The minimum absolute atomic E-state index is 0.233. The second kappa shape index (κ2) is 8.13. The number of ketones is 1. The van der Waals surface area contributed by atoms with Gasteiger partial charge in [-0.25, -0.2) is 0 Å². The van der Waals surface area contributed by atoms with Gasteiger partial charge >= 0.3 is 0 Å². The fraction of sp³-hybridized carbons (Fsp3) is 0.619. The van der Waals surface area contributed by atoms with Gasteiger partial charge in [-0.3, -0.25) is 9.59 Å². The van der Waals surface area contributed by atoms with Crippen molar-refractivity contribution in [3.8, 4) is 0 Å². The number of likely N-dealkylation sites (tertiary alicyclic amines) is 1. The summed E-state index contributed by atoms with van der Waals surface area (Å²) in [7, 11) is 2.12. The topological polar surface area (TPSA) is 40.6 Å². The average molecular weight is 342 g/mol. The van der Waals surface area contributed by atoms with Gasteiger partial charge in [-0.15, -0.1) is 0 Å². The number of aryl methyl sites for hydroxylation is 1. The van der Waals surface area contributed by atoms with Crippen molar-refractivity contribution in [2.24, 2.45) is 0 Å². The molecule has 1 aliphatic carbocycles. The number of carbonyl (C=O) groups excluding carboxylic acids is 2. The van der Waals surface area contributed by atoms with Crippen LogP contribution in [0.25, 0.3) is 0 Å². The van der Waals surface area contributed by atoms with E-state index < -0.39 is 0 Å². The summed E-state index contributed by atoms with van der Waals surface area (Å²) in [5.74, 6) is 0.481. The molecule has 1 aliphatic heterocycles. The highest BCUT2D eigenvalue weighted by molar-refractivity contribution is 5.98. The van der Waals surface area contributed by atoms with E-state index in [-0.39, 0.29) is 11.7 Å². The van der Waals surface area contributed by atoms with Gasteiger partial charge in [0.2, 0.25) is 5.91 Å². The van der Waals surface area contributed by atoms with Crippen LogP contribution in [0.4, 0.5) is 0 Å². The maximum Gasteiger partial charge on any atom is 0.227 e. The van der Waals surface area contributed by atoms with Crippen molar-refractivity contribution in [2.45, 2.75) is 57.9 Å². The van der Waals surface area contributed by atoms with Gasteiger partial charge in [0, 0.05) is 31.1 Å². The first-order chi connectivity index (χ1) is 12.1. The molecule has 1 heterocycles. The van der Waals surface area contributed by atoms with E-state index in [4.69, 9.17) is 0 Å². The average Bonchev–Trinajstić information content (AvgIpc) is 2.62. The molecule has 0 saturated carbocycles. The fourth-order valence-corrected chi connectivity index (χ4v) is 4.09. The number of hydrogen-bond donors (Lipinski definition) is 0. The predicted octanol–water partition coefficient (Wildman–Crippen LogP) is 3.08. The summed E-state index contributed by atoms with van der Waals surface area (Å²) < 4.78 is 0. The quantitative estimate of drug-likeness (QED) is 0.826. The van der Waals surface area contributed by atoms with E-state index in [9.17, 15) is 9.59 Å². The highest BCUT2D eigenvalue weighted by Crippen LogP contribution is 2.24. The summed E-state index contributed by atoms with van der Waals surface area (Å²) >= 11 is 0. The Morgan fingerprint density at radius 1 is 1.24 bits per heavy atom. The number of rotatable bonds is 5. The van der Waals surface area contributed by atoms with Crippen LogP contribution in [0.15, 0.2) is 18.2 Å². The summed E-state index contributed by atoms with van der Waals surface area (Å²) in [6.45, 7) is 5.01. The van der Waals surface area contributed by atoms with Gasteiger partial charge in [-0.05, 0) is 56.8 Å². The third-order valence-corrected chi connectivity index (χ3v) is 5.69. The minimum atomic E-state index is 0.233. The van der Waals surface area contributed by atoms with Gasteiger partial charge in [0.15, 0.2) is 5.78 Å². The lowest BCUT2D eigenvalue weighted by Crippen LogP contribution is -2.49. The number of likely N-dealkylation sites (N-methyl/N-ethyl adjacent to an activating group) is 1. The van der Waals surface area contributed by atoms with E-state index >= 15 is 0 Å². The van der Waals surface area contributed by atoms with Gasteiger partial charge in [-0.2, -0.15) is 0 Å². The van der Waals surface area contributed by atoms with Crippen molar-refractivity contribution in [2.75, 3.05) is 26.7 Å². The molecule has 25 heavy (non-hydrogen) atoms. The van der Waals surface area contributed by atoms with E-state index in [1.54, 1.807) is 0 Å². The van der Waals surface area contributed by atoms with Gasteiger partial charge in [0.05, 0.1) is 6.42 Å². The molecule has 1 aromatic carbocycles. The number of piperidine rings is 1. The molecule has 2 aliphatic rings. The SMILES string of the molecule is CCN(C)C[C@@H]1CCCCN1C(=O)Cc1ccc2c(c1)CCCC2=O. The second-order valence-corrected chi connectivity index (χ2v) is 7.54. The first-order valence-corrected chi connectivity index (χ1v) is 9.71. The molecule has 0 bridgehead atoms. The van der Waals surface area contributed by atoms with E-state index in [0.717, 1.165) is 62.0 Å². The Balaban J connectivity index is 1.69. The molecular formula is C21H30N2O2. The zero-order valence-electron chi connectivity index (χ0n) is 15.6. The third kappa shape index (κ3) is 4.30. The molecule has 0 aromatic heterocycles. The standard InChI is InChI=1S/C21H30N2O2/c1-3-22(2)15-18-8-4-5-12-23(18)21(25)14-16-10-11-19-17(13-16)7-6-9-20(19)24/h10-11,13,18H,3-9,12,14-15H2,1-2H3/t18-/m0/s1. The molecule has 1 atom stereocenters. The van der Waals surface area contributed by atoms with Crippen LogP contribution in [0, 0.1) is 0 Å². The van der Waals surface area contributed by atoms with Crippen LogP contribution in [-0.2, 0) is 17.6 Å². The molecule has 0 radical (unpaired) electrons. The number of benzene rings is 1. The van der Waals surface area contributed by atoms with Crippen LogP contribution in [0.5, 0.6) is 0 Å². The molecule has 4 nitrogen and oxygen atoms in total. The van der Waals surface area contributed by atoms with Crippen LogP contribution in [0.2, 0.25) is 0 Å². The zero-order valence-corrected chi connectivity index (χ0v) is 15.6.